The number of furan rings is 1. The number of aromatic hydroxyl groups is 1. The van der Waals surface area contributed by atoms with Gasteiger partial charge in [0.15, 0.2) is 6.29 Å². The summed E-state index contributed by atoms with van der Waals surface area (Å²) >= 11 is 0. The van der Waals surface area contributed by atoms with E-state index in [-0.39, 0.29) is 28.0 Å². The maximum atomic E-state index is 10.6. The topological polar surface area (TPSA) is 87.7 Å². The minimum absolute atomic E-state index is 0.0856. The number of carbonyl (C=O) groups is 2. The Balaban J connectivity index is 2.83. The quantitative estimate of drug-likeness (QED) is 0.729. The van der Waals surface area contributed by atoms with Gasteiger partial charge in [0.25, 0.3) is 0 Å². The Kier molecular flexibility index (Phi) is 1.93. The average molecular weight is 206 g/mol. The van der Waals surface area contributed by atoms with E-state index >= 15 is 0 Å². The maximum absolute atomic E-state index is 10.6. The molecule has 0 saturated heterocycles. The Hall–Kier alpha value is -2.30. The zero-order chi connectivity index (χ0) is 11.0. The van der Waals surface area contributed by atoms with Gasteiger partial charge in [0.2, 0.25) is 5.76 Å². The van der Waals surface area contributed by atoms with Gasteiger partial charge in [-0.25, -0.2) is 4.79 Å². The van der Waals surface area contributed by atoms with Crippen molar-refractivity contribution in [2.75, 3.05) is 0 Å². The van der Waals surface area contributed by atoms with E-state index in [0.717, 1.165) is 0 Å². The van der Waals surface area contributed by atoms with Gasteiger partial charge >= 0.3 is 5.97 Å². The molecular formula is C10H6O5. The van der Waals surface area contributed by atoms with Crippen LogP contribution in [0, 0.1) is 0 Å². The second kappa shape index (κ2) is 3.13. The van der Waals surface area contributed by atoms with E-state index in [1.54, 1.807) is 0 Å². The summed E-state index contributed by atoms with van der Waals surface area (Å²) in [6.07, 6.45) is 0.539. The zero-order valence-electron chi connectivity index (χ0n) is 7.43. The first-order valence-electron chi connectivity index (χ1n) is 4.07. The molecule has 0 aliphatic carbocycles. The van der Waals surface area contributed by atoms with Crippen molar-refractivity contribution >= 4 is 23.2 Å². The van der Waals surface area contributed by atoms with E-state index in [1.807, 2.05) is 0 Å². The van der Waals surface area contributed by atoms with Crippen LogP contribution in [0.5, 0.6) is 5.75 Å². The first kappa shape index (κ1) is 9.26. The van der Waals surface area contributed by atoms with Crippen molar-refractivity contribution in [2.45, 2.75) is 0 Å². The largest absolute Gasteiger partial charge is 0.507 e. The molecule has 2 N–H and O–H groups in total. The third-order valence-corrected chi connectivity index (χ3v) is 2.03. The van der Waals surface area contributed by atoms with Crippen molar-refractivity contribution in [1.29, 1.82) is 0 Å². The van der Waals surface area contributed by atoms with Crippen LogP contribution in [0.4, 0.5) is 0 Å². The fourth-order valence-corrected chi connectivity index (χ4v) is 1.33. The summed E-state index contributed by atoms with van der Waals surface area (Å²) in [6.45, 7) is 0. The van der Waals surface area contributed by atoms with Crippen molar-refractivity contribution < 1.29 is 24.2 Å². The van der Waals surface area contributed by atoms with Crippen molar-refractivity contribution in [2.24, 2.45) is 0 Å². The molecule has 15 heavy (non-hydrogen) atoms. The van der Waals surface area contributed by atoms with Crippen LogP contribution in [0.25, 0.3) is 11.0 Å². The summed E-state index contributed by atoms with van der Waals surface area (Å²) < 4.78 is 4.94. The van der Waals surface area contributed by atoms with Crippen molar-refractivity contribution in [1.82, 2.24) is 0 Å². The number of aromatic carboxylic acids is 1. The summed E-state index contributed by atoms with van der Waals surface area (Å²) in [6, 6.07) is 3.85. The molecule has 0 saturated carbocycles. The van der Waals surface area contributed by atoms with Crippen molar-refractivity contribution in [3.8, 4) is 5.75 Å². The molecule has 1 heterocycles. The molecule has 2 rings (SSSR count). The molecule has 1 aromatic heterocycles. The summed E-state index contributed by atoms with van der Waals surface area (Å²) in [5, 5.41) is 18.3. The Morgan fingerprint density at radius 3 is 2.73 bits per heavy atom. The minimum atomic E-state index is -1.25. The first-order chi connectivity index (χ1) is 7.13. The number of fused-ring (bicyclic) bond motifs is 1. The Morgan fingerprint density at radius 2 is 2.13 bits per heavy atom. The molecule has 0 atom stereocenters. The lowest BCUT2D eigenvalue weighted by atomic mass is 10.1. The lowest BCUT2D eigenvalue weighted by molar-refractivity contribution is 0.0664. The number of carboxylic acids is 1. The first-order valence-corrected chi connectivity index (χ1v) is 4.07. The van der Waals surface area contributed by atoms with Crippen LogP contribution in [0.3, 0.4) is 0 Å². The maximum Gasteiger partial charge on any atom is 0.371 e. The Bertz CT molecular complexity index is 552. The zero-order valence-corrected chi connectivity index (χ0v) is 7.43. The fourth-order valence-electron chi connectivity index (χ4n) is 1.33. The summed E-state index contributed by atoms with van der Waals surface area (Å²) in [7, 11) is 0. The predicted molar refractivity (Wildman–Crippen MR) is 50.2 cm³/mol. The van der Waals surface area contributed by atoms with E-state index in [1.165, 1.54) is 18.2 Å². The van der Waals surface area contributed by atoms with E-state index < -0.39 is 5.97 Å². The lowest BCUT2D eigenvalue weighted by Crippen LogP contribution is -1.91. The molecule has 0 fully saturated rings. The number of hydrogen-bond acceptors (Lipinski definition) is 4. The molecule has 0 aliphatic heterocycles. The Labute approximate surface area is 83.5 Å². The molecule has 76 valence electrons. The van der Waals surface area contributed by atoms with Gasteiger partial charge in [0.05, 0.1) is 10.9 Å². The second-order valence-electron chi connectivity index (χ2n) is 2.95. The van der Waals surface area contributed by atoms with Gasteiger partial charge in [-0.1, -0.05) is 0 Å². The molecule has 1 aromatic carbocycles. The number of phenols is 1. The molecule has 0 bridgehead atoms. The van der Waals surface area contributed by atoms with Gasteiger partial charge < -0.3 is 14.6 Å². The SMILES string of the molecule is O=Cc1ccc(O)c2cc(C(=O)O)oc12. The van der Waals surface area contributed by atoms with Crippen LogP contribution in [-0.4, -0.2) is 22.5 Å². The lowest BCUT2D eigenvalue weighted by Gasteiger charge is -1.94. The summed E-state index contributed by atoms with van der Waals surface area (Å²) in [5.74, 6) is -1.68. The molecule has 2 aromatic rings. The molecule has 0 radical (unpaired) electrons. The number of phenolic OH excluding ortho intramolecular Hbond substituents is 1. The smallest absolute Gasteiger partial charge is 0.371 e. The van der Waals surface area contributed by atoms with Crippen LogP contribution in [0.1, 0.15) is 20.9 Å². The highest BCUT2D eigenvalue weighted by Gasteiger charge is 2.15. The number of hydrogen-bond donors (Lipinski definition) is 2. The molecular weight excluding hydrogens is 200 g/mol. The number of carboxylic acid groups (broad SMARTS) is 1. The van der Waals surface area contributed by atoms with E-state index in [0.29, 0.717) is 6.29 Å². The summed E-state index contributed by atoms with van der Waals surface area (Å²) in [5.41, 5.74) is 0.290. The molecule has 0 amide bonds. The van der Waals surface area contributed by atoms with Gasteiger partial charge in [-0.15, -0.1) is 0 Å². The van der Waals surface area contributed by atoms with Crippen molar-refractivity contribution in [3.63, 3.8) is 0 Å². The number of rotatable bonds is 2. The van der Waals surface area contributed by atoms with Crippen molar-refractivity contribution in [3.05, 3.63) is 29.5 Å². The number of carbonyl (C=O) groups excluding carboxylic acids is 1. The third-order valence-electron chi connectivity index (χ3n) is 2.03. The Morgan fingerprint density at radius 1 is 1.40 bits per heavy atom. The van der Waals surface area contributed by atoms with Crippen LogP contribution < -0.4 is 0 Å². The van der Waals surface area contributed by atoms with E-state index in [4.69, 9.17) is 9.52 Å². The van der Waals surface area contributed by atoms with Gasteiger partial charge in [-0.2, -0.15) is 0 Å². The molecule has 0 unspecified atom stereocenters. The van der Waals surface area contributed by atoms with Crippen LogP contribution in [-0.2, 0) is 0 Å². The van der Waals surface area contributed by atoms with Gasteiger partial charge in [-0.05, 0) is 12.1 Å². The van der Waals surface area contributed by atoms with E-state index in [2.05, 4.69) is 0 Å². The van der Waals surface area contributed by atoms with Crippen LogP contribution >= 0.6 is 0 Å². The van der Waals surface area contributed by atoms with E-state index in [9.17, 15) is 14.7 Å². The molecule has 5 nitrogen and oxygen atoms in total. The standard InChI is InChI=1S/C10H6O5/c11-4-5-1-2-7(12)6-3-8(10(13)14)15-9(5)6/h1-4,12H,(H,13,14). The third kappa shape index (κ3) is 1.34. The summed E-state index contributed by atoms with van der Waals surface area (Å²) in [4.78, 5) is 21.2. The predicted octanol–water partition coefficient (Wildman–Crippen LogP) is 1.65. The highest BCUT2D eigenvalue weighted by molar-refractivity contribution is 6.01. The van der Waals surface area contributed by atoms with Gasteiger partial charge in [0, 0.05) is 6.07 Å². The minimum Gasteiger partial charge on any atom is -0.507 e. The number of benzene rings is 1. The van der Waals surface area contributed by atoms with Crippen LogP contribution in [0.2, 0.25) is 0 Å². The number of aldehydes is 1. The van der Waals surface area contributed by atoms with Gasteiger partial charge in [0.1, 0.15) is 11.3 Å². The molecule has 0 spiro atoms. The normalized spacial score (nSPS) is 10.4. The second-order valence-corrected chi connectivity index (χ2v) is 2.95. The molecule has 0 aliphatic rings. The monoisotopic (exact) mass is 206 g/mol. The van der Waals surface area contributed by atoms with Gasteiger partial charge in [-0.3, -0.25) is 4.79 Å². The highest BCUT2D eigenvalue weighted by Crippen LogP contribution is 2.29. The highest BCUT2D eigenvalue weighted by atomic mass is 16.4. The molecule has 5 heteroatoms. The van der Waals surface area contributed by atoms with Crippen LogP contribution in [0.15, 0.2) is 22.6 Å². The average Bonchev–Trinajstić information content (AvgIpc) is 2.64. The fraction of sp³-hybridized carbons (Fsp3) is 0.